The van der Waals surface area contributed by atoms with Crippen molar-refractivity contribution in [1.82, 2.24) is 4.98 Å². The number of aryl methyl sites for hydroxylation is 1. The Morgan fingerprint density at radius 3 is 2.50 bits per heavy atom. The van der Waals surface area contributed by atoms with Crippen molar-refractivity contribution in [2.45, 2.75) is 26.3 Å². The Morgan fingerprint density at radius 1 is 1.21 bits per heavy atom. The Labute approximate surface area is 141 Å². The van der Waals surface area contributed by atoms with Gasteiger partial charge in [-0.05, 0) is 45.0 Å². The molecule has 1 aromatic carbocycles. The van der Waals surface area contributed by atoms with Crippen molar-refractivity contribution in [2.75, 3.05) is 23.8 Å². The zero-order chi connectivity index (χ0) is 17.6. The molecule has 1 heterocycles. The van der Waals surface area contributed by atoms with Crippen LogP contribution in [-0.4, -0.2) is 34.8 Å². The highest BCUT2D eigenvalue weighted by molar-refractivity contribution is 5.91. The molecule has 0 saturated carbocycles. The number of aliphatic hydroxyl groups excluding tert-OH is 1. The van der Waals surface area contributed by atoms with Crippen LogP contribution in [-0.2, 0) is 4.79 Å². The number of nitrogens with one attached hydrogen (secondary N) is 2. The third kappa shape index (κ3) is 5.55. The summed E-state index contributed by atoms with van der Waals surface area (Å²) in [6.45, 7) is 5.65. The van der Waals surface area contributed by atoms with Crippen LogP contribution in [0.1, 0.15) is 19.4 Å². The molecule has 0 radical (unpaired) electrons. The molecule has 0 aliphatic rings. The standard InChI is InChI=1S/C18H23N3O3/c1-13-4-7-15(8-5-13)24-11-17(23)20-14-6-9-16(19-10-14)21-18(2,3)12-22/h4-10,22H,11-12H2,1-3H3,(H,19,21)(H,20,23). The predicted octanol–water partition coefficient (Wildman–Crippen LogP) is 2.59. The largest absolute Gasteiger partial charge is 0.484 e. The lowest BCUT2D eigenvalue weighted by atomic mass is 10.1. The Kier molecular flexibility index (Phi) is 5.76. The number of hydrogen-bond acceptors (Lipinski definition) is 5. The van der Waals surface area contributed by atoms with E-state index in [1.165, 1.54) is 0 Å². The summed E-state index contributed by atoms with van der Waals surface area (Å²) in [5.74, 6) is 1.02. The van der Waals surface area contributed by atoms with Crippen molar-refractivity contribution in [3.8, 4) is 5.75 Å². The van der Waals surface area contributed by atoms with E-state index in [0.29, 0.717) is 17.3 Å². The average molecular weight is 329 g/mol. The summed E-state index contributed by atoms with van der Waals surface area (Å²) in [5, 5.41) is 15.1. The number of aliphatic hydroxyl groups is 1. The summed E-state index contributed by atoms with van der Waals surface area (Å²) in [6, 6.07) is 11.0. The Morgan fingerprint density at radius 2 is 1.92 bits per heavy atom. The van der Waals surface area contributed by atoms with Crippen molar-refractivity contribution < 1.29 is 14.6 Å². The van der Waals surface area contributed by atoms with Crippen molar-refractivity contribution >= 4 is 17.4 Å². The molecule has 0 bridgehead atoms. The van der Waals surface area contributed by atoms with Crippen LogP contribution >= 0.6 is 0 Å². The van der Waals surface area contributed by atoms with E-state index in [1.807, 2.05) is 45.0 Å². The molecule has 0 saturated heterocycles. The summed E-state index contributed by atoms with van der Waals surface area (Å²) in [4.78, 5) is 16.1. The van der Waals surface area contributed by atoms with E-state index < -0.39 is 5.54 Å². The van der Waals surface area contributed by atoms with Crippen LogP contribution in [0.2, 0.25) is 0 Å². The zero-order valence-corrected chi connectivity index (χ0v) is 14.2. The van der Waals surface area contributed by atoms with Gasteiger partial charge in [0.25, 0.3) is 5.91 Å². The fourth-order valence-corrected chi connectivity index (χ4v) is 1.91. The minimum absolute atomic E-state index is 0.0104. The molecular formula is C18H23N3O3. The Balaban J connectivity index is 1.84. The summed E-state index contributed by atoms with van der Waals surface area (Å²) >= 11 is 0. The van der Waals surface area contributed by atoms with Gasteiger partial charge in [0.2, 0.25) is 0 Å². The highest BCUT2D eigenvalue weighted by Gasteiger charge is 2.16. The van der Waals surface area contributed by atoms with E-state index >= 15 is 0 Å². The maximum Gasteiger partial charge on any atom is 0.262 e. The quantitative estimate of drug-likeness (QED) is 0.727. The molecule has 128 valence electrons. The summed E-state index contributed by atoms with van der Waals surface area (Å²) in [5.41, 5.74) is 1.26. The Hall–Kier alpha value is -2.60. The average Bonchev–Trinajstić information content (AvgIpc) is 2.56. The minimum atomic E-state index is -0.459. The number of anilines is 2. The third-order valence-corrected chi connectivity index (χ3v) is 3.30. The molecule has 6 nitrogen and oxygen atoms in total. The number of hydrogen-bond donors (Lipinski definition) is 3. The second-order valence-electron chi connectivity index (χ2n) is 6.25. The molecule has 1 aromatic heterocycles. The molecule has 0 spiro atoms. The van der Waals surface area contributed by atoms with Gasteiger partial charge in [-0.2, -0.15) is 0 Å². The van der Waals surface area contributed by atoms with E-state index in [-0.39, 0.29) is 19.1 Å². The number of nitrogens with zero attached hydrogens (tertiary/aromatic N) is 1. The highest BCUT2D eigenvalue weighted by atomic mass is 16.5. The SMILES string of the molecule is Cc1ccc(OCC(=O)Nc2ccc(NC(C)(C)CO)nc2)cc1. The lowest BCUT2D eigenvalue weighted by Gasteiger charge is -2.24. The molecule has 2 rings (SSSR count). The summed E-state index contributed by atoms with van der Waals surface area (Å²) in [7, 11) is 0. The van der Waals surface area contributed by atoms with Gasteiger partial charge in [-0.3, -0.25) is 4.79 Å². The van der Waals surface area contributed by atoms with E-state index in [4.69, 9.17) is 4.74 Å². The van der Waals surface area contributed by atoms with E-state index in [1.54, 1.807) is 18.3 Å². The van der Waals surface area contributed by atoms with Gasteiger partial charge < -0.3 is 20.5 Å². The van der Waals surface area contributed by atoms with Crippen LogP contribution in [0.25, 0.3) is 0 Å². The maximum absolute atomic E-state index is 11.9. The molecule has 3 N–H and O–H groups in total. The van der Waals surface area contributed by atoms with E-state index in [9.17, 15) is 9.90 Å². The first-order chi connectivity index (χ1) is 11.4. The van der Waals surface area contributed by atoms with Gasteiger partial charge in [0.15, 0.2) is 6.61 Å². The number of rotatable bonds is 7. The van der Waals surface area contributed by atoms with Gasteiger partial charge in [-0.1, -0.05) is 17.7 Å². The molecule has 1 amide bonds. The number of pyridine rings is 1. The topological polar surface area (TPSA) is 83.5 Å². The molecule has 0 fully saturated rings. The van der Waals surface area contributed by atoms with E-state index in [0.717, 1.165) is 5.56 Å². The molecule has 0 unspecified atom stereocenters. The van der Waals surface area contributed by atoms with Crippen LogP contribution in [0.15, 0.2) is 42.6 Å². The number of carbonyl (C=O) groups is 1. The van der Waals surface area contributed by atoms with Gasteiger partial charge in [0, 0.05) is 0 Å². The normalized spacial score (nSPS) is 11.0. The molecule has 2 aromatic rings. The van der Waals surface area contributed by atoms with Gasteiger partial charge in [-0.25, -0.2) is 4.98 Å². The molecule has 0 aliphatic carbocycles. The van der Waals surface area contributed by atoms with Gasteiger partial charge in [0.1, 0.15) is 11.6 Å². The fraction of sp³-hybridized carbons (Fsp3) is 0.333. The van der Waals surface area contributed by atoms with Crippen LogP contribution in [0.4, 0.5) is 11.5 Å². The summed E-state index contributed by atoms with van der Waals surface area (Å²) in [6.07, 6.45) is 1.56. The zero-order valence-electron chi connectivity index (χ0n) is 14.2. The van der Waals surface area contributed by atoms with Crippen LogP contribution in [0.5, 0.6) is 5.75 Å². The highest BCUT2D eigenvalue weighted by Crippen LogP contribution is 2.15. The van der Waals surface area contributed by atoms with Crippen molar-refractivity contribution in [2.24, 2.45) is 0 Å². The van der Waals surface area contributed by atoms with Gasteiger partial charge in [0.05, 0.1) is 24.0 Å². The van der Waals surface area contributed by atoms with Crippen molar-refractivity contribution in [1.29, 1.82) is 0 Å². The van der Waals surface area contributed by atoms with Crippen molar-refractivity contribution in [3.63, 3.8) is 0 Å². The number of aromatic nitrogens is 1. The molecular weight excluding hydrogens is 306 g/mol. The number of carbonyl (C=O) groups excluding carboxylic acids is 1. The second kappa shape index (κ2) is 7.79. The smallest absolute Gasteiger partial charge is 0.262 e. The monoisotopic (exact) mass is 329 g/mol. The van der Waals surface area contributed by atoms with Crippen molar-refractivity contribution in [3.05, 3.63) is 48.2 Å². The van der Waals surface area contributed by atoms with Gasteiger partial charge >= 0.3 is 0 Å². The van der Waals surface area contributed by atoms with Crippen LogP contribution in [0, 0.1) is 6.92 Å². The predicted molar refractivity (Wildman–Crippen MR) is 94.3 cm³/mol. The summed E-state index contributed by atoms with van der Waals surface area (Å²) < 4.78 is 5.43. The first-order valence-corrected chi connectivity index (χ1v) is 7.72. The lowest BCUT2D eigenvalue weighted by Crippen LogP contribution is -2.35. The van der Waals surface area contributed by atoms with Gasteiger partial charge in [-0.15, -0.1) is 0 Å². The number of benzene rings is 1. The first kappa shape index (κ1) is 17.7. The molecule has 0 aliphatic heterocycles. The third-order valence-electron chi connectivity index (χ3n) is 3.30. The molecule has 6 heteroatoms. The number of amides is 1. The Bertz CT molecular complexity index is 667. The van der Waals surface area contributed by atoms with E-state index in [2.05, 4.69) is 15.6 Å². The maximum atomic E-state index is 11.9. The second-order valence-corrected chi connectivity index (χ2v) is 6.25. The van der Waals surface area contributed by atoms with Crippen LogP contribution < -0.4 is 15.4 Å². The first-order valence-electron chi connectivity index (χ1n) is 7.72. The minimum Gasteiger partial charge on any atom is -0.484 e. The molecule has 0 atom stereocenters. The lowest BCUT2D eigenvalue weighted by molar-refractivity contribution is -0.118. The van der Waals surface area contributed by atoms with Crippen LogP contribution in [0.3, 0.4) is 0 Å². The molecule has 24 heavy (non-hydrogen) atoms. The number of ether oxygens (including phenoxy) is 1. The fourth-order valence-electron chi connectivity index (χ4n) is 1.91.